The number of hydrogen-bond acceptors (Lipinski definition) is 3. The fourth-order valence-electron chi connectivity index (χ4n) is 3.14. The van der Waals surface area contributed by atoms with Gasteiger partial charge in [0.15, 0.2) is 0 Å². The summed E-state index contributed by atoms with van der Waals surface area (Å²) in [7, 11) is 0. The summed E-state index contributed by atoms with van der Waals surface area (Å²) in [5.41, 5.74) is 3.35. The predicted molar refractivity (Wildman–Crippen MR) is 106 cm³/mol. The minimum atomic E-state index is 0.967. The van der Waals surface area contributed by atoms with Gasteiger partial charge in [0.1, 0.15) is 11.3 Å². The van der Waals surface area contributed by atoms with Gasteiger partial charge in [0, 0.05) is 18.4 Å². The number of hydrogen-bond donors (Lipinski definition) is 0. The molecule has 0 aliphatic carbocycles. The van der Waals surface area contributed by atoms with E-state index in [2.05, 4.69) is 59.4 Å². The highest BCUT2D eigenvalue weighted by Gasteiger charge is 2.12. The first-order chi connectivity index (χ1) is 11.8. The first-order valence-electron chi connectivity index (χ1n) is 9.15. The third kappa shape index (κ3) is 3.75. The second kappa shape index (κ2) is 8.52. The van der Waals surface area contributed by atoms with Crippen molar-refractivity contribution >= 4 is 33.7 Å². The number of rotatable bonds is 9. The number of aromatic nitrogens is 3. The van der Waals surface area contributed by atoms with Crippen LogP contribution in [0.4, 0.5) is 0 Å². The van der Waals surface area contributed by atoms with Crippen LogP contribution in [0.5, 0.6) is 0 Å². The van der Waals surface area contributed by atoms with Gasteiger partial charge in [-0.2, -0.15) is 11.8 Å². The predicted octanol–water partition coefficient (Wildman–Crippen LogP) is 5.46. The molecule has 0 amide bonds. The smallest absolute Gasteiger partial charge is 0.109 e. The molecule has 3 rings (SSSR count). The lowest BCUT2D eigenvalue weighted by molar-refractivity contribution is 0.623. The van der Waals surface area contributed by atoms with E-state index in [0.29, 0.717) is 0 Å². The topological polar surface area (TPSA) is 30.7 Å². The summed E-state index contributed by atoms with van der Waals surface area (Å²) in [6, 6.07) is 8.40. The standard InChI is InChI=1S/C20H27N3S/c1-3-5-13-24-14-9-8-12-23-19(4-2)22-18-15-21-17-11-7-6-10-16(17)20(18)23/h6-7,10-11,15H,3-5,8-9,12-14H2,1-2H3. The molecule has 0 aliphatic heterocycles. The number of fused-ring (bicyclic) bond motifs is 3. The van der Waals surface area contributed by atoms with Crippen LogP contribution in [-0.4, -0.2) is 26.0 Å². The summed E-state index contributed by atoms with van der Waals surface area (Å²) >= 11 is 2.10. The van der Waals surface area contributed by atoms with Crippen molar-refractivity contribution in [2.75, 3.05) is 11.5 Å². The number of aryl methyl sites for hydroxylation is 2. The molecule has 3 aromatic rings. The van der Waals surface area contributed by atoms with Gasteiger partial charge in [0.25, 0.3) is 0 Å². The van der Waals surface area contributed by atoms with Gasteiger partial charge < -0.3 is 4.57 Å². The van der Waals surface area contributed by atoms with E-state index >= 15 is 0 Å². The highest BCUT2D eigenvalue weighted by Crippen LogP contribution is 2.25. The Kier molecular flexibility index (Phi) is 6.13. The molecule has 1 aromatic carbocycles. The lowest BCUT2D eigenvalue weighted by Gasteiger charge is -2.09. The molecule has 0 saturated carbocycles. The fraction of sp³-hybridized carbons (Fsp3) is 0.500. The monoisotopic (exact) mass is 341 g/mol. The van der Waals surface area contributed by atoms with Gasteiger partial charge in [-0.3, -0.25) is 4.98 Å². The van der Waals surface area contributed by atoms with Gasteiger partial charge in [-0.15, -0.1) is 0 Å². The van der Waals surface area contributed by atoms with Crippen molar-refractivity contribution < 1.29 is 0 Å². The normalized spacial score (nSPS) is 11.6. The molecule has 0 bridgehead atoms. The maximum absolute atomic E-state index is 4.82. The number of para-hydroxylation sites is 1. The van der Waals surface area contributed by atoms with Gasteiger partial charge in [-0.1, -0.05) is 38.5 Å². The Morgan fingerprint density at radius 1 is 1.00 bits per heavy atom. The Morgan fingerprint density at radius 3 is 2.67 bits per heavy atom. The number of imidazole rings is 1. The molecule has 0 saturated heterocycles. The van der Waals surface area contributed by atoms with Crippen LogP contribution in [0.2, 0.25) is 0 Å². The van der Waals surface area contributed by atoms with Gasteiger partial charge in [-0.25, -0.2) is 4.98 Å². The lowest BCUT2D eigenvalue weighted by atomic mass is 10.2. The average molecular weight is 342 g/mol. The molecule has 3 nitrogen and oxygen atoms in total. The van der Waals surface area contributed by atoms with Crippen molar-refractivity contribution in [1.29, 1.82) is 0 Å². The number of pyridine rings is 1. The van der Waals surface area contributed by atoms with Gasteiger partial charge in [0.2, 0.25) is 0 Å². The summed E-state index contributed by atoms with van der Waals surface area (Å²) in [5.74, 6) is 3.76. The molecule has 0 radical (unpaired) electrons. The van der Waals surface area contributed by atoms with Crippen LogP contribution in [0.25, 0.3) is 21.9 Å². The number of thioether (sulfide) groups is 1. The summed E-state index contributed by atoms with van der Waals surface area (Å²) in [6.45, 7) is 5.51. The Hall–Kier alpha value is -1.55. The number of unbranched alkanes of at least 4 members (excludes halogenated alkanes) is 2. The molecule has 2 heterocycles. The molecule has 0 N–H and O–H groups in total. The number of benzene rings is 1. The molecule has 24 heavy (non-hydrogen) atoms. The van der Waals surface area contributed by atoms with Crippen molar-refractivity contribution in [2.24, 2.45) is 0 Å². The van der Waals surface area contributed by atoms with Crippen molar-refractivity contribution in [3.63, 3.8) is 0 Å². The van der Waals surface area contributed by atoms with E-state index in [9.17, 15) is 0 Å². The van der Waals surface area contributed by atoms with E-state index in [-0.39, 0.29) is 0 Å². The zero-order valence-corrected chi connectivity index (χ0v) is 15.6. The summed E-state index contributed by atoms with van der Waals surface area (Å²) < 4.78 is 2.43. The zero-order chi connectivity index (χ0) is 16.8. The highest BCUT2D eigenvalue weighted by molar-refractivity contribution is 7.99. The molecular formula is C20H27N3S. The molecule has 0 spiro atoms. The zero-order valence-electron chi connectivity index (χ0n) is 14.8. The Morgan fingerprint density at radius 2 is 1.83 bits per heavy atom. The Balaban J connectivity index is 1.77. The van der Waals surface area contributed by atoms with E-state index in [0.717, 1.165) is 24.0 Å². The van der Waals surface area contributed by atoms with Crippen molar-refractivity contribution in [3.05, 3.63) is 36.3 Å². The molecule has 0 unspecified atom stereocenters. The van der Waals surface area contributed by atoms with Crippen LogP contribution in [-0.2, 0) is 13.0 Å². The molecular weight excluding hydrogens is 314 g/mol. The quantitative estimate of drug-likeness (QED) is 0.484. The van der Waals surface area contributed by atoms with Crippen LogP contribution < -0.4 is 0 Å². The van der Waals surface area contributed by atoms with E-state index in [4.69, 9.17) is 4.98 Å². The molecule has 128 valence electrons. The summed E-state index contributed by atoms with van der Waals surface area (Å²) in [5, 5.41) is 1.22. The number of nitrogens with zero attached hydrogens (tertiary/aromatic N) is 3. The van der Waals surface area contributed by atoms with Gasteiger partial charge in [0.05, 0.1) is 17.2 Å². The van der Waals surface area contributed by atoms with Gasteiger partial charge in [-0.05, 0) is 36.8 Å². The van der Waals surface area contributed by atoms with Crippen molar-refractivity contribution in [3.8, 4) is 0 Å². The van der Waals surface area contributed by atoms with Crippen LogP contribution in [0.15, 0.2) is 30.5 Å². The van der Waals surface area contributed by atoms with Crippen LogP contribution in [0.3, 0.4) is 0 Å². The van der Waals surface area contributed by atoms with Crippen LogP contribution in [0, 0.1) is 0 Å². The van der Waals surface area contributed by atoms with E-state index < -0.39 is 0 Å². The lowest BCUT2D eigenvalue weighted by Crippen LogP contribution is -2.04. The highest BCUT2D eigenvalue weighted by atomic mass is 32.2. The van der Waals surface area contributed by atoms with E-state index in [1.807, 2.05) is 6.20 Å². The summed E-state index contributed by atoms with van der Waals surface area (Å²) in [6.07, 6.45) is 8.03. The molecule has 4 heteroatoms. The fourth-order valence-corrected chi connectivity index (χ4v) is 4.25. The molecule has 2 aromatic heterocycles. The van der Waals surface area contributed by atoms with Crippen LogP contribution in [0.1, 0.15) is 45.4 Å². The third-order valence-corrected chi connectivity index (χ3v) is 5.59. The van der Waals surface area contributed by atoms with E-state index in [1.165, 1.54) is 53.9 Å². The van der Waals surface area contributed by atoms with Crippen LogP contribution >= 0.6 is 11.8 Å². The Labute approximate surface area is 148 Å². The average Bonchev–Trinajstić information content (AvgIpc) is 2.99. The van der Waals surface area contributed by atoms with E-state index in [1.54, 1.807) is 0 Å². The molecule has 0 fully saturated rings. The van der Waals surface area contributed by atoms with Crippen molar-refractivity contribution in [2.45, 2.75) is 52.5 Å². The first kappa shape index (κ1) is 17.3. The second-order valence-electron chi connectivity index (χ2n) is 6.22. The molecule has 0 atom stereocenters. The third-order valence-electron chi connectivity index (χ3n) is 4.44. The maximum Gasteiger partial charge on any atom is 0.109 e. The minimum absolute atomic E-state index is 0.967. The minimum Gasteiger partial charge on any atom is -0.327 e. The Bertz CT molecular complexity index is 794. The first-order valence-corrected chi connectivity index (χ1v) is 10.3. The SMILES string of the molecule is CCCCSCCCCn1c(CC)nc2cnc3ccccc3c21. The molecule has 0 aliphatic rings. The largest absolute Gasteiger partial charge is 0.327 e. The summed E-state index contributed by atoms with van der Waals surface area (Å²) in [4.78, 5) is 9.37. The van der Waals surface area contributed by atoms with Gasteiger partial charge >= 0.3 is 0 Å². The second-order valence-corrected chi connectivity index (χ2v) is 7.44. The maximum atomic E-state index is 4.82. The van der Waals surface area contributed by atoms with Crippen molar-refractivity contribution in [1.82, 2.24) is 14.5 Å².